The molecular weight excluding hydrogens is 461 g/mol. The lowest BCUT2D eigenvalue weighted by Gasteiger charge is -2.23. The van der Waals surface area contributed by atoms with Gasteiger partial charge < -0.3 is 15.2 Å². The van der Waals surface area contributed by atoms with Crippen LogP contribution < -0.4 is 10.1 Å². The lowest BCUT2D eigenvalue weighted by molar-refractivity contribution is -0.152. The van der Waals surface area contributed by atoms with Crippen LogP contribution in [0.3, 0.4) is 0 Å². The maximum Gasteiger partial charge on any atom is 0.416 e. The summed E-state index contributed by atoms with van der Waals surface area (Å²) in [5.41, 5.74) is 1.16. The Kier molecular flexibility index (Phi) is 7.19. The smallest absolute Gasteiger partial charge is 0.416 e. The molecule has 9 heteroatoms. The first-order chi connectivity index (χ1) is 16.3. The van der Waals surface area contributed by atoms with E-state index in [4.69, 9.17) is 4.74 Å². The highest BCUT2D eigenvalue weighted by atomic mass is 19.4. The van der Waals surface area contributed by atoms with Crippen molar-refractivity contribution in [2.75, 3.05) is 0 Å². The number of hydrogen-bond acceptors (Lipinski definition) is 4. The minimum atomic E-state index is -4.41. The highest BCUT2D eigenvalue weighted by Crippen LogP contribution is 2.31. The summed E-state index contributed by atoms with van der Waals surface area (Å²) >= 11 is 0. The molecule has 0 bridgehead atoms. The quantitative estimate of drug-likeness (QED) is 0.457. The maximum atomic E-state index is 12.8. The minimum absolute atomic E-state index is 0.225. The number of pyridine rings is 1. The number of aromatic nitrogens is 1. The van der Waals surface area contributed by atoms with E-state index in [1.165, 1.54) is 26.0 Å². The molecular formula is C26H25F3N2O4. The van der Waals surface area contributed by atoms with Gasteiger partial charge in [-0.3, -0.25) is 9.78 Å². The highest BCUT2D eigenvalue weighted by molar-refractivity contribution is 5.95. The van der Waals surface area contributed by atoms with Gasteiger partial charge in [-0.25, -0.2) is 4.79 Å². The molecule has 184 valence electrons. The molecule has 2 N–H and O–H groups in total. The Morgan fingerprint density at radius 1 is 1.00 bits per heavy atom. The van der Waals surface area contributed by atoms with Crippen LogP contribution in [0.1, 0.15) is 46.6 Å². The van der Waals surface area contributed by atoms with Gasteiger partial charge in [0.15, 0.2) is 5.60 Å². The molecule has 0 saturated heterocycles. The number of carboxylic acid groups (broad SMARTS) is 1. The van der Waals surface area contributed by atoms with Gasteiger partial charge in [0.2, 0.25) is 0 Å². The molecule has 6 nitrogen and oxygen atoms in total. The zero-order valence-corrected chi connectivity index (χ0v) is 19.7. The van der Waals surface area contributed by atoms with Crippen molar-refractivity contribution in [3.8, 4) is 17.0 Å². The number of benzene rings is 2. The van der Waals surface area contributed by atoms with E-state index >= 15 is 0 Å². The van der Waals surface area contributed by atoms with Crippen molar-refractivity contribution in [3.05, 3.63) is 82.5 Å². The summed E-state index contributed by atoms with van der Waals surface area (Å²) in [7, 11) is 0. The number of nitrogens with one attached hydrogen (secondary N) is 1. The van der Waals surface area contributed by atoms with Gasteiger partial charge in [0.05, 0.1) is 22.5 Å². The van der Waals surface area contributed by atoms with E-state index in [0.717, 1.165) is 23.3 Å². The SMILES string of the molecule is Cc1cc(CNC(=O)c2ccc(-c3ccc(C(F)(F)F)cc3)nc2C)ccc1OC(C)(C)C(=O)O. The van der Waals surface area contributed by atoms with Gasteiger partial charge in [0, 0.05) is 12.1 Å². The Morgan fingerprint density at radius 3 is 2.20 bits per heavy atom. The third kappa shape index (κ3) is 6.17. The average Bonchev–Trinajstić information content (AvgIpc) is 2.78. The first kappa shape index (κ1) is 25.7. The van der Waals surface area contributed by atoms with Gasteiger partial charge in [-0.05, 0) is 69.2 Å². The standard InChI is InChI=1S/C26H25F3N2O4/c1-15-13-17(5-12-22(15)35-25(3,4)24(33)34)14-30-23(32)20-10-11-21(31-16(20)2)18-6-8-19(9-7-18)26(27,28)29/h5-13H,14H2,1-4H3,(H,30,32)(H,33,34). The minimum Gasteiger partial charge on any atom is -0.478 e. The van der Waals surface area contributed by atoms with E-state index in [1.54, 1.807) is 44.2 Å². The van der Waals surface area contributed by atoms with Crippen LogP contribution in [0.4, 0.5) is 13.2 Å². The number of aryl methyl sites for hydroxylation is 2. The second-order valence-electron chi connectivity index (χ2n) is 8.60. The summed E-state index contributed by atoms with van der Waals surface area (Å²) in [5.74, 6) is -0.994. The fourth-order valence-electron chi connectivity index (χ4n) is 3.32. The Labute approximate surface area is 200 Å². The molecule has 0 fully saturated rings. The fraction of sp³-hybridized carbons (Fsp3) is 0.269. The summed E-state index contributed by atoms with van der Waals surface area (Å²) in [4.78, 5) is 28.3. The predicted molar refractivity (Wildman–Crippen MR) is 124 cm³/mol. The van der Waals surface area contributed by atoms with Crippen LogP contribution in [0.5, 0.6) is 5.75 Å². The average molecular weight is 486 g/mol. The molecule has 0 aliphatic heterocycles. The number of carboxylic acids is 1. The number of amides is 1. The van der Waals surface area contributed by atoms with E-state index in [9.17, 15) is 27.9 Å². The monoisotopic (exact) mass is 486 g/mol. The third-order valence-corrected chi connectivity index (χ3v) is 5.41. The normalized spacial score (nSPS) is 11.7. The van der Waals surface area contributed by atoms with Crippen molar-refractivity contribution in [1.29, 1.82) is 0 Å². The molecule has 1 amide bonds. The number of ether oxygens (including phenoxy) is 1. The van der Waals surface area contributed by atoms with Crippen molar-refractivity contribution in [2.45, 2.75) is 46.0 Å². The van der Waals surface area contributed by atoms with Gasteiger partial charge >= 0.3 is 12.1 Å². The molecule has 0 aliphatic rings. The summed E-state index contributed by atoms with van der Waals surface area (Å²) < 4.78 is 43.9. The molecule has 0 spiro atoms. The summed E-state index contributed by atoms with van der Waals surface area (Å²) in [6.07, 6.45) is -4.41. The largest absolute Gasteiger partial charge is 0.478 e. The van der Waals surface area contributed by atoms with E-state index in [1.807, 2.05) is 0 Å². The van der Waals surface area contributed by atoms with Gasteiger partial charge in [-0.15, -0.1) is 0 Å². The first-order valence-electron chi connectivity index (χ1n) is 10.7. The fourth-order valence-corrected chi connectivity index (χ4v) is 3.32. The van der Waals surface area contributed by atoms with Crippen molar-refractivity contribution >= 4 is 11.9 Å². The lowest BCUT2D eigenvalue weighted by atomic mass is 10.1. The summed E-state index contributed by atoms with van der Waals surface area (Å²) in [6, 6.07) is 13.0. The van der Waals surface area contributed by atoms with Gasteiger partial charge in [0.25, 0.3) is 5.91 Å². The van der Waals surface area contributed by atoms with Crippen molar-refractivity contribution in [2.24, 2.45) is 0 Å². The zero-order valence-electron chi connectivity index (χ0n) is 19.7. The van der Waals surface area contributed by atoms with Crippen LogP contribution in [-0.4, -0.2) is 27.6 Å². The molecule has 1 heterocycles. The van der Waals surface area contributed by atoms with Gasteiger partial charge in [-0.2, -0.15) is 13.2 Å². The number of carbonyl (C=O) groups is 2. The Morgan fingerprint density at radius 2 is 1.66 bits per heavy atom. The van der Waals surface area contributed by atoms with E-state index in [-0.39, 0.29) is 12.5 Å². The molecule has 2 aromatic carbocycles. The molecule has 0 saturated carbocycles. The number of hydrogen-bond donors (Lipinski definition) is 2. The molecule has 0 atom stereocenters. The summed E-state index contributed by atoms with van der Waals surface area (Å²) in [6.45, 7) is 6.59. The van der Waals surface area contributed by atoms with E-state index in [2.05, 4.69) is 10.3 Å². The maximum absolute atomic E-state index is 12.8. The predicted octanol–water partition coefficient (Wildman–Crippen LogP) is 5.56. The van der Waals surface area contributed by atoms with E-state index in [0.29, 0.717) is 28.3 Å². The number of rotatable bonds is 7. The van der Waals surface area contributed by atoms with Crippen LogP contribution in [0.15, 0.2) is 54.6 Å². The Balaban J connectivity index is 1.67. The molecule has 35 heavy (non-hydrogen) atoms. The van der Waals surface area contributed by atoms with Crippen LogP contribution in [-0.2, 0) is 17.5 Å². The topological polar surface area (TPSA) is 88.5 Å². The molecule has 0 aliphatic carbocycles. The van der Waals surface area contributed by atoms with Crippen LogP contribution in [0, 0.1) is 13.8 Å². The summed E-state index contributed by atoms with van der Waals surface area (Å²) in [5, 5.41) is 12.0. The van der Waals surface area contributed by atoms with Crippen LogP contribution in [0.2, 0.25) is 0 Å². The highest BCUT2D eigenvalue weighted by Gasteiger charge is 2.30. The second-order valence-corrected chi connectivity index (χ2v) is 8.60. The first-order valence-corrected chi connectivity index (χ1v) is 10.7. The van der Waals surface area contributed by atoms with Crippen molar-refractivity contribution in [3.63, 3.8) is 0 Å². The lowest BCUT2D eigenvalue weighted by Crippen LogP contribution is -2.38. The molecule has 3 aromatic rings. The molecule has 0 radical (unpaired) electrons. The number of nitrogens with zero attached hydrogens (tertiary/aromatic N) is 1. The number of halogens is 3. The number of alkyl halides is 3. The molecule has 3 rings (SSSR count). The van der Waals surface area contributed by atoms with Crippen molar-refractivity contribution in [1.82, 2.24) is 10.3 Å². The zero-order chi connectivity index (χ0) is 26.0. The third-order valence-electron chi connectivity index (χ3n) is 5.41. The van der Waals surface area contributed by atoms with Crippen LogP contribution in [0.25, 0.3) is 11.3 Å². The Bertz CT molecular complexity index is 1250. The molecule has 0 unspecified atom stereocenters. The second kappa shape index (κ2) is 9.77. The number of aliphatic carboxylic acids is 1. The van der Waals surface area contributed by atoms with E-state index < -0.39 is 23.3 Å². The van der Waals surface area contributed by atoms with Gasteiger partial charge in [0.1, 0.15) is 5.75 Å². The van der Waals surface area contributed by atoms with Gasteiger partial charge in [-0.1, -0.05) is 24.3 Å². The Hall–Kier alpha value is -3.88. The number of carbonyl (C=O) groups excluding carboxylic acids is 1. The van der Waals surface area contributed by atoms with Crippen molar-refractivity contribution < 1.29 is 32.6 Å². The van der Waals surface area contributed by atoms with Crippen LogP contribution >= 0.6 is 0 Å². The molecule has 1 aromatic heterocycles.